The van der Waals surface area contributed by atoms with E-state index in [0.717, 1.165) is 6.42 Å². The highest BCUT2D eigenvalue weighted by atomic mass is 19.1. The fourth-order valence-electron chi connectivity index (χ4n) is 1.91. The first-order valence-electron chi connectivity index (χ1n) is 6.72. The van der Waals surface area contributed by atoms with Crippen LogP contribution in [0.4, 0.5) is 8.78 Å². The van der Waals surface area contributed by atoms with E-state index in [4.69, 9.17) is 10.00 Å². The van der Waals surface area contributed by atoms with Crippen LogP contribution in [0.1, 0.15) is 37.3 Å². The second kappa shape index (κ2) is 6.36. The molecule has 2 aromatic rings. The van der Waals surface area contributed by atoms with Crippen molar-refractivity contribution in [1.82, 2.24) is 0 Å². The van der Waals surface area contributed by atoms with Crippen LogP contribution in [-0.4, -0.2) is 0 Å². The van der Waals surface area contributed by atoms with Crippen molar-refractivity contribution in [2.75, 3.05) is 0 Å². The number of nitriles is 1. The van der Waals surface area contributed by atoms with E-state index in [1.807, 2.05) is 19.9 Å². The minimum Gasteiger partial charge on any atom is -0.451 e. The summed E-state index contributed by atoms with van der Waals surface area (Å²) in [6.45, 7) is 3.87. The molecule has 0 amide bonds. The standard InChI is InChI=1S/C17H15F2NO/c1-3-11(2)13-8-15(18)17(16(19)9-13)21-14-6-4-12(10-20)5-7-14/h4-9,11H,3H2,1-2H3. The highest BCUT2D eigenvalue weighted by Crippen LogP contribution is 2.31. The van der Waals surface area contributed by atoms with Gasteiger partial charge in [-0.1, -0.05) is 13.8 Å². The van der Waals surface area contributed by atoms with E-state index in [0.29, 0.717) is 11.1 Å². The minimum absolute atomic E-state index is 0.0814. The van der Waals surface area contributed by atoms with Crippen LogP contribution < -0.4 is 4.74 Å². The van der Waals surface area contributed by atoms with Gasteiger partial charge in [-0.05, 0) is 54.3 Å². The smallest absolute Gasteiger partial charge is 0.198 e. The SMILES string of the molecule is CCC(C)c1cc(F)c(Oc2ccc(C#N)cc2)c(F)c1. The Hall–Kier alpha value is -2.41. The average Bonchev–Trinajstić information content (AvgIpc) is 2.50. The Kier molecular flexibility index (Phi) is 4.54. The van der Waals surface area contributed by atoms with Crippen LogP contribution >= 0.6 is 0 Å². The van der Waals surface area contributed by atoms with Gasteiger partial charge < -0.3 is 4.74 Å². The number of hydrogen-bond acceptors (Lipinski definition) is 2. The lowest BCUT2D eigenvalue weighted by Gasteiger charge is -2.13. The van der Waals surface area contributed by atoms with Crippen molar-refractivity contribution < 1.29 is 13.5 Å². The molecule has 0 aliphatic heterocycles. The van der Waals surface area contributed by atoms with Crippen LogP contribution in [0.5, 0.6) is 11.5 Å². The molecule has 0 aliphatic rings. The van der Waals surface area contributed by atoms with E-state index in [-0.39, 0.29) is 11.7 Å². The van der Waals surface area contributed by atoms with Gasteiger partial charge in [0.05, 0.1) is 11.6 Å². The molecule has 2 aromatic carbocycles. The first-order chi connectivity index (χ1) is 10.0. The molecule has 108 valence electrons. The van der Waals surface area contributed by atoms with Crippen molar-refractivity contribution in [2.45, 2.75) is 26.2 Å². The summed E-state index contributed by atoms with van der Waals surface area (Å²) in [5.41, 5.74) is 1.06. The Balaban J connectivity index is 2.29. The molecule has 0 heterocycles. The van der Waals surface area contributed by atoms with E-state index < -0.39 is 17.4 Å². The molecular weight excluding hydrogens is 272 g/mol. The van der Waals surface area contributed by atoms with Crippen LogP contribution in [0.2, 0.25) is 0 Å². The number of nitrogens with zero attached hydrogens (tertiary/aromatic N) is 1. The zero-order valence-electron chi connectivity index (χ0n) is 11.9. The van der Waals surface area contributed by atoms with Crippen LogP contribution in [0.3, 0.4) is 0 Å². The lowest BCUT2D eigenvalue weighted by Crippen LogP contribution is -1.98. The zero-order chi connectivity index (χ0) is 15.4. The van der Waals surface area contributed by atoms with E-state index >= 15 is 0 Å². The first kappa shape index (κ1) is 15.0. The van der Waals surface area contributed by atoms with Gasteiger partial charge in [0.1, 0.15) is 5.75 Å². The molecular formula is C17H15F2NO. The minimum atomic E-state index is -0.727. The van der Waals surface area contributed by atoms with E-state index in [1.165, 1.54) is 36.4 Å². The van der Waals surface area contributed by atoms with E-state index in [2.05, 4.69) is 0 Å². The van der Waals surface area contributed by atoms with E-state index in [1.54, 1.807) is 0 Å². The van der Waals surface area contributed by atoms with Gasteiger partial charge in [0.2, 0.25) is 0 Å². The predicted molar refractivity (Wildman–Crippen MR) is 76.3 cm³/mol. The maximum atomic E-state index is 14.0. The van der Waals surface area contributed by atoms with Crippen LogP contribution in [-0.2, 0) is 0 Å². The van der Waals surface area contributed by atoms with Gasteiger partial charge >= 0.3 is 0 Å². The van der Waals surface area contributed by atoms with Crippen molar-refractivity contribution in [3.8, 4) is 17.6 Å². The Morgan fingerprint density at radius 2 is 1.71 bits per heavy atom. The van der Waals surface area contributed by atoms with Crippen molar-refractivity contribution in [2.24, 2.45) is 0 Å². The predicted octanol–water partition coefficient (Wildman–Crippen LogP) is 5.14. The van der Waals surface area contributed by atoms with Crippen LogP contribution in [0, 0.1) is 23.0 Å². The molecule has 0 N–H and O–H groups in total. The third kappa shape index (κ3) is 3.38. The maximum Gasteiger partial charge on any atom is 0.198 e. The molecule has 1 atom stereocenters. The molecule has 21 heavy (non-hydrogen) atoms. The van der Waals surface area contributed by atoms with Gasteiger partial charge in [0.25, 0.3) is 0 Å². The fourth-order valence-corrected chi connectivity index (χ4v) is 1.91. The summed E-state index contributed by atoms with van der Waals surface area (Å²) in [5.74, 6) is -1.52. The number of hydrogen-bond donors (Lipinski definition) is 0. The monoisotopic (exact) mass is 287 g/mol. The lowest BCUT2D eigenvalue weighted by atomic mass is 9.98. The molecule has 0 aliphatic carbocycles. The summed E-state index contributed by atoms with van der Waals surface area (Å²) in [7, 11) is 0. The first-order valence-corrected chi connectivity index (χ1v) is 6.72. The quantitative estimate of drug-likeness (QED) is 0.779. The van der Waals surface area contributed by atoms with Gasteiger partial charge in [0.15, 0.2) is 17.4 Å². The lowest BCUT2D eigenvalue weighted by molar-refractivity contribution is 0.405. The second-order valence-electron chi connectivity index (χ2n) is 4.86. The number of rotatable bonds is 4. The van der Waals surface area contributed by atoms with E-state index in [9.17, 15) is 8.78 Å². The van der Waals surface area contributed by atoms with Crippen LogP contribution in [0.15, 0.2) is 36.4 Å². The van der Waals surface area contributed by atoms with Gasteiger partial charge in [-0.25, -0.2) is 8.78 Å². The summed E-state index contributed by atoms with van der Waals surface area (Å²) in [6.07, 6.45) is 0.800. The van der Waals surface area contributed by atoms with Gasteiger partial charge in [-0.2, -0.15) is 5.26 Å². The van der Waals surface area contributed by atoms with Gasteiger partial charge in [-0.15, -0.1) is 0 Å². The van der Waals surface area contributed by atoms with Gasteiger partial charge in [-0.3, -0.25) is 0 Å². The van der Waals surface area contributed by atoms with Crippen molar-refractivity contribution in [3.63, 3.8) is 0 Å². The van der Waals surface area contributed by atoms with Crippen LogP contribution in [0.25, 0.3) is 0 Å². The third-order valence-corrected chi connectivity index (χ3v) is 3.41. The molecule has 2 nitrogen and oxygen atoms in total. The number of benzene rings is 2. The molecule has 4 heteroatoms. The van der Waals surface area contributed by atoms with Gasteiger partial charge in [0, 0.05) is 0 Å². The van der Waals surface area contributed by atoms with Crippen molar-refractivity contribution in [3.05, 3.63) is 59.2 Å². The Bertz CT molecular complexity index is 651. The average molecular weight is 287 g/mol. The Labute approximate surface area is 122 Å². The number of ether oxygens (including phenoxy) is 1. The molecule has 1 unspecified atom stereocenters. The summed E-state index contributed by atoms with van der Waals surface area (Å²) in [6, 6.07) is 10.6. The largest absolute Gasteiger partial charge is 0.451 e. The summed E-state index contributed by atoms with van der Waals surface area (Å²) in [4.78, 5) is 0. The third-order valence-electron chi connectivity index (χ3n) is 3.41. The fraction of sp³-hybridized carbons (Fsp3) is 0.235. The normalized spacial score (nSPS) is 11.8. The summed E-state index contributed by atoms with van der Waals surface area (Å²) >= 11 is 0. The highest BCUT2D eigenvalue weighted by Gasteiger charge is 2.16. The summed E-state index contributed by atoms with van der Waals surface area (Å²) < 4.78 is 33.3. The molecule has 0 bridgehead atoms. The molecule has 0 saturated heterocycles. The van der Waals surface area contributed by atoms with Crippen molar-refractivity contribution >= 4 is 0 Å². The molecule has 0 saturated carbocycles. The molecule has 0 spiro atoms. The topological polar surface area (TPSA) is 33.0 Å². The molecule has 0 fully saturated rings. The highest BCUT2D eigenvalue weighted by molar-refractivity contribution is 5.39. The summed E-state index contributed by atoms with van der Waals surface area (Å²) in [5, 5.41) is 8.70. The Morgan fingerprint density at radius 1 is 1.14 bits per heavy atom. The molecule has 0 radical (unpaired) electrons. The van der Waals surface area contributed by atoms with Crippen molar-refractivity contribution in [1.29, 1.82) is 5.26 Å². The number of halogens is 2. The second-order valence-corrected chi connectivity index (χ2v) is 4.86. The molecule has 2 rings (SSSR count). The molecule has 0 aromatic heterocycles. The Morgan fingerprint density at radius 3 is 2.19 bits per heavy atom. The maximum absolute atomic E-state index is 14.0. The zero-order valence-corrected chi connectivity index (χ0v) is 11.9.